The molecule has 17 heavy (non-hydrogen) atoms. The van der Waals surface area contributed by atoms with Gasteiger partial charge in [0.25, 0.3) is 0 Å². The molecule has 0 saturated heterocycles. The molecule has 0 aromatic carbocycles. The first-order chi connectivity index (χ1) is 7.70. The van der Waals surface area contributed by atoms with Crippen molar-refractivity contribution in [3.8, 4) is 0 Å². The average Bonchev–Trinajstić information content (AvgIpc) is 2.26. The van der Waals surface area contributed by atoms with Crippen LogP contribution in [0.2, 0.25) is 0 Å². The molecule has 0 saturated carbocycles. The van der Waals surface area contributed by atoms with E-state index in [4.69, 9.17) is 5.73 Å². The molecule has 0 bridgehead atoms. The van der Waals surface area contributed by atoms with Gasteiger partial charge >= 0.3 is 12.2 Å². The Morgan fingerprint density at radius 1 is 1.35 bits per heavy atom. The number of amides is 2. The highest BCUT2D eigenvalue weighted by molar-refractivity contribution is 5.75. The number of nitrogens with two attached hydrogens (primary N) is 1. The molecule has 3 N–H and O–H groups in total. The van der Waals surface area contributed by atoms with Gasteiger partial charge in [0.15, 0.2) is 0 Å². The van der Waals surface area contributed by atoms with Crippen molar-refractivity contribution in [1.82, 2.24) is 10.2 Å². The minimum absolute atomic E-state index is 0.205. The Labute approximate surface area is 99.3 Å². The van der Waals surface area contributed by atoms with E-state index in [0.717, 1.165) is 0 Å². The third kappa shape index (κ3) is 4.80. The first kappa shape index (κ1) is 16.0. The van der Waals surface area contributed by atoms with Crippen molar-refractivity contribution in [2.75, 3.05) is 19.6 Å². The van der Waals surface area contributed by atoms with Crippen molar-refractivity contribution >= 4 is 6.03 Å². The molecule has 0 rings (SSSR count). The number of nitrogens with zero attached hydrogens (tertiary/aromatic N) is 1. The molecule has 1 unspecified atom stereocenters. The van der Waals surface area contributed by atoms with E-state index in [2.05, 4.69) is 0 Å². The summed E-state index contributed by atoms with van der Waals surface area (Å²) in [6, 6.07) is -0.736. The first-order valence-corrected chi connectivity index (χ1v) is 5.52. The topological polar surface area (TPSA) is 58.4 Å². The maximum atomic E-state index is 12.0. The lowest BCUT2D eigenvalue weighted by atomic mass is 9.97. The van der Waals surface area contributed by atoms with Crippen molar-refractivity contribution in [3.63, 3.8) is 0 Å². The van der Waals surface area contributed by atoms with Crippen LogP contribution in [0.5, 0.6) is 0 Å². The second-order valence-electron chi connectivity index (χ2n) is 4.07. The zero-order valence-corrected chi connectivity index (χ0v) is 10.4. The van der Waals surface area contributed by atoms with Gasteiger partial charge < -0.3 is 16.0 Å². The molecule has 2 amide bonds. The van der Waals surface area contributed by atoms with Gasteiger partial charge in [0.05, 0.1) is 5.54 Å². The van der Waals surface area contributed by atoms with E-state index in [9.17, 15) is 18.0 Å². The fraction of sp³-hybridized carbons (Fsp3) is 0.900. The smallest absolute Gasteiger partial charge is 0.329 e. The predicted octanol–water partition coefficient (Wildman–Crippen LogP) is 1.71. The number of carbonyl (C=O) groups excluding carboxylic acids is 1. The van der Waals surface area contributed by atoms with Crippen LogP contribution in [0, 0.1) is 0 Å². The molecule has 0 fully saturated rings. The summed E-state index contributed by atoms with van der Waals surface area (Å²) in [6.07, 6.45) is -3.82. The third-order valence-corrected chi connectivity index (χ3v) is 2.85. The van der Waals surface area contributed by atoms with Gasteiger partial charge in [-0.25, -0.2) is 4.79 Å². The van der Waals surface area contributed by atoms with Crippen molar-refractivity contribution in [2.45, 2.75) is 38.9 Å². The van der Waals surface area contributed by atoms with E-state index < -0.39 is 24.3 Å². The molecular weight excluding hydrogens is 235 g/mol. The summed E-state index contributed by atoms with van der Waals surface area (Å²) < 4.78 is 36.0. The maximum Gasteiger partial charge on any atom is 0.405 e. The Balaban J connectivity index is 4.61. The van der Waals surface area contributed by atoms with Gasteiger partial charge in [0.2, 0.25) is 0 Å². The van der Waals surface area contributed by atoms with Gasteiger partial charge in [-0.2, -0.15) is 13.2 Å². The Kier molecular flexibility index (Phi) is 5.74. The molecule has 102 valence electrons. The van der Waals surface area contributed by atoms with Crippen LogP contribution in [-0.4, -0.2) is 42.3 Å². The largest absolute Gasteiger partial charge is 0.405 e. The maximum absolute atomic E-state index is 12.0. The highest BCUT2D eigenvalue weighted by Crippen LogP contribution is 2.18. The van der Waals surface area contributed by atoms with Crippen molar-refractivity contribution in [1.29, 1.82) is 0 Å². The second-order valence-corrected chi connectivity index (χ2v) is 4.07. The predicted molar refractivity (Wildman–Crippen MR) is 59.6 cm³/mol. The Morgan fingerprint density at radius 2 is 1.88 bits per heavy atom. The van der Waals surface area contributed by atoms with Gasteiger partial charge in [0, 0.05) is 13.1 Å². The lowest BCUT2D eigenvalue weighted by Gasteiger charge is -2.39. The lowest BCUT2D eigenvalue weighted by Crippen LogP contribution is -2.57. The van der Waals surface area contributed by atoms with Gasteiger partial charge in [-0.1, -0.05) is 6.92 Å². The normalized spacial score (nSPS) is 15.2. The molecule has 0 heterocycles. The molecule has 0 radical (unpaired) electrons. The van der Waals surface area contributed by atoms with Crippen LogP contribution >= 0.6 is 0 Å². The average molecular weight is 255 g/mol. The van der Waals surface area contributed by atoms with Gasteiger partial charge in [-0.05, 0) is 20.3 Å². The summed E-state index contributed by atoms with van der Waals surface area (Å²) in [7, 11) is 0. The highest BCUT2D eigenvalue weighted by Gasteiger charge is 2.34. The summed E-state index contributed by atoms with van der Waals surface area (Å²) in [4.78, 5) is 13.0. The number of rotatable bonds is 5. The van der Waals surface area contributed by atoms with E-state index in [0.29, 0.717) is 13.0 Å². The number of halogens is 3. The second kappa shape index (κ2) is 6.09. The minimum atomic E-state index is -4.40. The third-order valence-electron chi connectivity index (χ3n) is 2.85. The van der Waals surface area contributed by atoms with Crippen molar-refractivity contribution in [2.24, 2.45) is 5.73 Å². The van der Waals surface area contributed by atoms with Crippen LogP contribution < -0.4 is 11.1 Å². The number of hydrogen-bond donors (Lipinski definition) is 2. The molecule has 0 aromatic heterocycles. The van der Waals surface area contributed by atoms with E-state index in [1.54, 1.807) is 13.8 Å². The molecule has 0 aliphatic heterocycles. The molecule has 0 aromatic rings. The van der Waals surface area contributed by atoms with Crippen molar-refractivity contribution in [3.05, 3.63) is 0 Å². The van der Waals surface area contributed by atoms with Crippen LogP contribution in [0.3, 0.4) is 0 Å². The molecule has 1 atom stereocenters. The number of nitrogens with one attached hydrogen (secondary N) is 1. The van der Waals surface area contributed by atoms with Crippen LogP contribution in [0.25, 0.3) is 0 Å². The quantitative estimate of drug-likeness (QED) is 0.785. The standard InChI is InChI=1S/C10H20F3N3O/c1-4-9(3,6-14)16(5-2)8(17)15-7-10(11,12)13/h4-7,14H2,1-3H3,(H,15,17). The van der Waals surface area contributed by atoms with Gasteiger partial charge in [-0.15, -0.1) is 0 Å². The Bertz CT molecular complexity index is 252. The fourth-order valence-electron chi connectivity index (χ4n) is 1.49. The van der Waals surface area contributed by atoms with Gasteiger partial charge in [-0.3, -0.25) is 0 Å². The monoisotopic (exact) mass is 255 g/mol. The fourth-order valence-corrected chi connectivity index (χ4v) is 1.49. The minimum Gasteiger partial charge on any atom is -0.329 e. The molecule has 4 nitrogen and oxygen atoms in total. The number of alkyl halides is 3. The molecular formula is C10H20F3N3O. The summed E-state index contributed by atoms with van der Waals surface area (Å²) in [5.74, 6) is 0. The Morgan fingerprint density at radius 3 is 2.18 bits per heavy atom. The lowest BCUT2D eigenvalue weighted by molar-refractivity contribution is -0.123. The highest BCUT2D eigenvalue weighted by atomic mass is 19.4. The van der Waals surface area contributed by atoms with E-state index >= 15 is 0 Å². The van der Waals surface area contributed by atoms with E-state index in [-0.39, 0.29) is 6.54 Å². The summed E-state index contributed by atoms with van der Waals surface area (Å²) in [5, 5.41) is 1.85. The number of likely N-dealkylation sites (N-methyl/N-ethyl adjacent to an activating group) is 1. The van der Waals surface area contributed by atoms with Crippen molar-refractivity contribution < 1.29 is 18.0 Å². The van der Waals surface area contributed by atoms with Crippen LogP contribution in [-0.2, 0) is 0 Å². The summed E-state index contributed by atoms with van der Waals surface area (Å²) >= 11 is 0. The Hall–Kier alpha value is -0.980. The van der Waals surface area contributed by atoms with Crippen LogP contribution in [0.15, 0.2) is 0 Å². The molecule has 7 heteroatoms. The molecule has 0 spiro atoms. The number of carbonyl (C=O) groups is 1. The summed E-state index contributed by atoms with van der Waals surface area (Å²) in [6.45, 7) is 4.49. The zero-order valence-electron chi connectivity index (χ0n) is 10.4. The van der Waals surface area contributed by atoms with Crippen LogP contribution in [0.4, 0.5) is 18.0 Å². The molecule has 0 aliphatic carbocycles. The first-order valence-electron chi connectivity index (χ1n) is 5.52. The van der Waals surface area contributed by atoms with Gasteiger partial charge in [0.1, 0.15) is 6.54 Å². The number of hydrogen-bond acceptors (Lipinski definition) is 2. The van der Waals surface area contributed by atoms with Crippen LogP contribution in [0.1, 0.15) is 27.2 Å². The zero-order chi connectivity index (χ0) is 13.7. The van der Waals surface area contributed by atoms with E-state index in [1.165, 1.54) is 4.90 Å². The SMILES string of the molecule is CCN(C(=O)NCC(F)(F)F)C(C)(CC)CN. The van der Waals surface area contributed by atoms with E-state index in [1.807, 2.05) is 12.2 Å². The number of urea groups is 1. The molecule has 0 aliphatic rings. The summed E-state index contributed by atoms with van der Waals surface area (Å²) in [5.41, 5.74) is 4.95.